The molecule has 0 unspecified atom stereocenters. The predicted molar refractivity (Wildman–Crippen MR) is 77.0 cm³/mol. The molecule has 0 heterocycles. The van der Waals surface area contributed by atoms with Gasteiger partial charge in [-0.15, -0.1) is 0 Å². The summed E-state index contributed by atoms with van der Waals surface area (Å²) in [4.78, 5) is 22.3. The highest BCUT2D eigenvalue weighted by Gasteiger charge is 2.04. The highest BCUT2D eigenvalue weighted by Crippen LogP contribution is 2.07. The zero-order chi connectivity index (χ0) is 15.0. The number of alkyl carbamates (subject to hydrolysis) is 1. The largest absolute Gasteiger partial charge is 0.445 e. The van der Waals surface area contributed by atoms with Gasteiger partial charge in [0.2, 0.25) is 5.91 Å². The molecule has 2 amide bonds. The SMILES string of the molecule is CC(=O)NCc1cccc(COC(=O)NCC(C)C)c1. The Morgan fingerprint density at radius 3 is 2.55 bits per heavy atom. The number of nitrogens with one attached hydrogen (secondary N) is 2. The van der Waals surface area contributed by atoms with Crippen molar-refractivity contribution in [1.82, 2.24) is 10.6 Å². The molecule has 0 aliphatic rings. The van der Waals surface area contributed by atoms with Crippen molar-refractivity contribution in [2.24, 2.45) is 5.92 Å². The van der Waals surface area contributed by atoms with Gasteiger partial charge in [-0.2, -0.15) is 0 Å². The minimum absolute atomic E-state index is 0.0697. The van der Waals surface area contributed by atoms with Crippen LogP contribution in [0.1, 0.15) is 31.9 Å². The molecule has 5 nitrogen and oxygen atoms in total. The van der Waals surface area contributed by atoms with Gasteiger partial charge < -0.3 is 15.4 Å². The van der Waals surface area contributed by atoms with Gasteiger partial charge in [-0.3, -0.25) is 4.79 Å². The molecule has 1 aromatic rings. The summed E-state index contributed by atoms with van der Waals surface area (Å²) in [6.07, 6.45) is -0.411. The summed E-state index contributed by atoms with van der Waals surface area (Å²) in [5, 5.41) is 5.42. The van der Waals surface area contributed by atoms with Crippen molar-refractivity contribution in [1.29, 1.82) is 0 Å². The first-order valence-corrected chi connectivity index (χ1v) is 6.70. The lowest BCUT2D eigenvalue weighted by atomic mass is 10.1. The van der Waals surface area contributed by atoms with Gasteiger partial charge >= 0.3 is 6.09 Å². The quantitative estimate of drug-likeness (QED) is 0.838. The zero-order valence-electron chi connectivity index (χ0n) is 12.2. The third-order valence-electron chi connectivity index (χ3n) is 2.56. The fourth-order valence-corrected chi connectivity index (χ4v) is 1.54. The highest BCUT2D eigenvalue weighted by molar-refractivity contribution is 5.72. The van der Waals surface area contributed by atoms with Gasteiger partial charge in [-0.1, -0.05) is 38.1 Å². The van der Waals surface area contributed by atoms with Crippen LogP contribution in [0.5, 0.6) is 0 Å². The maximum Gasteiger partial charge on any atom is 0.407 e. The van der Waals surface area contributed by atoms with Crippen molar-refractivity contribution >= 4 is 12.0 Å². The third kappa shape index (κ3) is 6.78. The van der Waals surface area contributed by atoms with Crippen LogP contribution in [0.15, 0.2) is 24.3 Å². The molecule has 0 spiro atoms. The molecule has 0 aliphatic heterocycles. The molecule has 0 bridgehead atoms. The Morgan fingerprint density at radius 1 is 1.20 bits per heavy atom. The van der Waals surface area contributed by atoms with E-state index in [0.29, 0.717) is 19.0 Å². The lowest BCUT2D eigenvalue weighted by molar-refractivity contribution is -0.119. The van der Waals surface area contributed by atoms with Crippen LogP contribution >= 0.6 is 0 Å². The van der Waals surface area contributed by atoms with Crippen molar-refractivity contribution in [3.63, 3.8) is 0 Å². The summed E-state index contributed by atoms with van der Waals surface area (Å²) in [6, 6.07) is 7.58. The summed E-state index contributed by atoms with van der Waals surface area (Å²) < 4.78 is 5.12. The second-order valence-corrected chi connectivity index (χ2v) is 5.08. The molecular weight excluding hydrogens is 256 g/mol. The Morgan fingerprint density at radius 2 is 1.90 bits per heavy atom. The first-order chi connectivity index (χ1) is 9.47. The van der Waals surface area contributed by atoms with Crippen LogP contribution in [0.4, 0.5) is 4.79 Å². The van der Waals surface area contributed by atoms with E-state index in [-0.39, 0.29) is 12.5 Å². The standard InChI is InChI=1S/C15H22N2O3/c1-11(2)8-17-15(19)20-10-14-6-4-5-13(7-14)9-16-12(3)18/h4-7,11H,8-10H2,1-3H3,(H,16,18)(H,17,19). The second-order valence-electron chi connectivity index (χ2n) is 5.08. The molecule has 0 aromatic heterocycles. The van der Waals surface area contributed by atoms with Crippen LogP contribution in [0.25, 0.3) is 0 Å². The van der Waals surface area contributed by atoms with Crippen LogP contribution in [-0.4, -0.2) is 18.5 Å². The van der Waals surface area contributed by atoms with E-state index in [4.69, 9.17) is 4.74 Å². The smallest absolute Gasteiger partial charge is 0.407 e. The van der Waals surface area contributed by atoms with Crippen molar-refractivity contribution < 1.29 is 14.3 Å². The summed E-state index contributed by atoms with van der Waals surface area (Å²) >= 11 is 0. The van der Waals surface area contributed by atoms with Crippen molar-refractivity contribution in [2.75, 3.05) is 6.54 Å². The van der Waals surface area contributed by atoms with Crippen molar-refractivity contribution in [3.05, 3.63) is 35.4 Å². The predicted octanol–water partition coefficient (Wildman–Crippen LogP) is 2.20. The van der Waals surface area contributed by atoms with E-state index < -0.39 is 6.09 Å². The lowest BCUT2D eigenvalue weighted by Crippen LogP contribution is -2.27. The monoisotopic (exact) mass is 278 g/mol. The molecule has 1 aromatic carbocycles. The van der Waals surface area contributed by atoms with Crippen molar-refractivity contribution in [2.45, 2.75) is 33.9 Å². The fourth-order valence-electron chi connectivity index (χ4n) is 1.54. The first-order valence-electron chi connectivity index (χ1n) is 6.70. The van der Waals surface area contributed by atoms with Gasteiger partial charge in [0.25, 0.3) is 0 Å². The van der Waals surface area contributed by atoms with Gasteiger partial charge in [-0.05, 0) is 17.0 Å². The lowest BCUT2D eigenvalue weighted by Gasteiger charge is -2.09. The number of hydrogen-bond acceptors (Lipinski definition) is 3. The minimum Gasteiger partial charge on any atom is -0.445 e. The Bertz CT molecular complexity index is 458. The zero-order valence-corrected chi connectivity index (χ0v) is 12.2. The van der Waals surface area contributed by atoms with Gasteiger partial charge in [-0.25, -0.2) is 4.79 Å². The number of carbonyl (C=O) groups excluding carboxylic acids is 2. The van der Waals surface area contributed by atoms with Crippen LogP contribution in [0, 0.1) is 5.92 Å². The van der Waals surface area contributed by atoms with E-state index in [9.17, 15) is 9.59 Å². The molecule has 0 saturated carbocycles. The molecule has 0 radical (unpaired) electrons. The van der Waals surface area contributed by atoms with E-state index in [1.165, 1.54) is 6.92 Å². The molecule has 0 fully saturated rings. The normalized spacial score (nSPS) is 10.2. The number of carbonyl (C=O) groups is 2. The van der Waals surface area contributed by atoms with E-state index in [0.717, 1.165) is 11.1 Å². The Labute approximate surface area is 119 Å². The molecule has 20 heavy (non-hydrogen) atoms. The number of ether oxygens (including phenoxy) is 1. The Kier molecular flexibility index (Phi) is 6.56. The van der Waals surface area contributed by atoms with Gasteiger partial charge in [0.15, 0.2) is 0 Å². The van der Waals surface area contributed by atoms with Crippen LogP contribution in [-0.2, 0) is 22.7 Å². The maximum absolute atomic E-state index is 11.4. The van der Waals surface area contributed by atoms with Crippen molar-refractivity contribution in [3.8, 4) is 0 Å². The van der Waals surface area contributed by atoms with Crippen LogP contribution in [0.3, 0.4) is 0 Å². The molecule has 0 atom stereocenters. The topological polar surface area (TPSA) is 67.4 Å². The maximum atomic E-state index is 11.4. The summed E-state index contributed by atoms with van der Waals surface area (Å²) in [5.41, 5.74) is 1.87. The number of rotatable bonds is 6. The molecule has 5 heteroatoms. The number of benzene rings is 1. The minimum atomic E-state index is -0.411. The van der Waals surface area contributed by atoms with Gasteiger partial charge in [0.05, 0.1) is 0 Å². The van der Waals surface area contributed by atoms with Gasteiger partial charge in [0, 0.05) is 20.0 Å². The van der Waals surface area contributed by atoms with Crippen LogP contribution in [0.2, 0.25) is 0 Å². The molecular formula is C15H22N2O3. The van der Waals surface area contributed by atoms with E-state index >= 15 is 0 Å². The summed E-state index contributed by atoms with van der Waals surface area (Å²) in [5.74, 6) is 0.322. The van der Waals surface area contributed by atoms with E-state index in [2.05, 4.69) is 10.6 Å². The Hall–Kier alpha value is -2.04. The highest BCUT2D eigenvalue weighted by atomic mass is 16.5. The molecule has 110 valence electrons. The summed E-state index contributed by atoms with van der Waals surface area (Å²) in [6.45, 7) is 6.81. The average Bonchev–Trinajstić information content (AvgIpc) is 2.41. The number of hydrogen-bond donors (Lipinski definition) is 2. The van der Waals surface area contributed by atoms with E-state index in [1.54, 1.807) is 0 Å². The Balaban J connectivity index is 2.41. The van der Waals surface area contributed by atoms with Gasteiger partial charge in [0.1, 0.15) is 6.61 Å². The molecule has 1 rings (SSSR count). The fraction of sp³-hybridized carbons (Fsp3) is 0.467. The molecule has 2 N–H and O–H groups in total. The summed E-state index contributed by atoms with van der Waals surface area (Å²) in [7, 11) is 0. The van der Waals surface area contributed by atoms with Crippen LogP contribution < -0.4 is 10.6 Å². The molecule has 0 saturated heterocycles. The molecule has 0 aliphatic carbocycles. The first kappa shape index (κ1) is 16.0. The third-order valence-corrected chi connectivity index (χ3v) is 2.56. The van der Waals surface area contributed by atoms with E-state index in [1.807, 2.05) is 38.1 Å². The number of amides is 2. The second kappa shape index (κ2) is 8.19. The average molecular weight is 278 g/mol.